The number of methoxy groups -OCH3 is 1. The molecule has 2 aromatic carbocycles. The molecule has 1 unspecified atom stereocenters. The van der Waals surface area contributed by atoms with Crippen molar-refractivity contribution in [2.24, 2.45) is 0 Å². The largest absolute Gasteiger partial charge is 0.495 e. The lowest BCUT2D eigenvalue weighted by molar-refractivity contribution is -0.117. The van der Waals surface area contributed by atoms with Crippen LogP contribution in [0, 0.1) is 0 Å². The first-order chi connectivity index (χ1) is 13.8. The zero-order valence-corrected chi connectivity index (χ0v) is 17.8. The number of amides is 1. The van der Waals surface area contributed by atoms with Gasteiger partial charge in [0, 0.05) is 25.8 Å². The van der Waals surface area contributed by atoms with Crippen molar-refractivity contribution in [1.29, 1.82) is 0 Å². The van der Waals surface area contributed by atoms with Gasteiger partial charge in [0.25, 0.3) is 0 Å². The summed E-state index contributed by atoms with van der Waals surface area (Å²) in [6.07, 6.45) is 2.06. The molecule has 8 heteroatoms. The first-order valence-electron chi connectivity index (χ1n) is 9.52. The van der Waals surface area contributed by atoms with Crippen molar-refractivity contribution in [1.82, 2.24) is 9.21 Å². The number of benzene rings is 2. The Morgan fingerprint density at radius 2 is 1.93 bits per heavy atom. The summed E-state index contributed by atoms with van der Waals surface area (Å²) in [5.41, 5.74) is 1.63. The van der Waals surface area contributed by atoms with Crippen LogP contribution < -0.4 is 10.1 Å². The summed E-state index contributed by atoms with van der Waals surface area (Å²) in [4.78, 5) is 14.8. The minimum Gasteiger partial charge on any atom is -0.495 e. The molecule has 1 heterocycles. The van der Waals surface area contributed by atoms with E-state index in [1.807, 2.05) is 18.2 Å². The standard InChI is InChI=1S/C21H27N3O4S/c1-23(2)29(26,27)20-14-17(11-12-19(20)28-3)22-21(25)15-24-13-7-10-18(24)16-8-5-4-6-9-16/h4-6,8-9,11-12,14,18H,7,10,13,15H2,1-3H3,(H,22,25). The van der Waals surface area contributed by atoms with Crippen LogP contribution in [0.5, 0.6) is 5.75 Å². The molecule has 156 valence electrons. The summed E-state index contributed by atoms with van der Waals surface area (Å²) in [6, 6.07) is 15.0. The van der Waals surface area contributed by atoms with Gasteiger partial charge in [-0.2, -0.15) is 0 Å². The van der Waals surface area contributed by atoms with E-state index in [1.165, 1.54) is 32.8 Å². The lowest BCUT2D eigenvalue weighted by Crippen LogP contribution is -2.33. The van der Waals surface area contributed by atoms with E-state index < -0.39 is 10.0 Å². The maximum atomic E-state index is 12.7. The number of likely N-dealkylation sites (tertiary alicyclic amines) is 1. The summed E-state index contributed by atoms with van der Waals surface area (Å²) in [7, 11) is 0.628. The fraction of sp³-hybridized carbons (Fsp3) is 0.381. The molecule has 0 radical (unpaired) electrons. The minimum absolute atomic E-state index is 0.0196. The van der Waals surface area contributed by atoms with Crippen LogP contribution in [-0.4, -0.2) is 57.8 Å². The highest BCUT2D eigenvalue weighted by Crippen LogP contribution is 2.32. The molecule has 1 saturated heterocycles. The summed E-state index contributed by atoms with van der Waals surface area (Å²) < 4.78 is 31.4. The second-order valence-corrected chi connectivity index (χ2v) is 9.36. The molecule has 7 nitrogen and oxygen atoms in total. The van der Waals surface area contributed by atoms with Crippen LogP contribution in [-0.2, 0) is 14.8 Å². The minimum atomic E-state index is -3.70. The van der Waals surface area contributed by atoms with Gasteiger partial charge in [-0.05, 0) is 43.1 Å². The van der Waals surface area contributed by atoms with Crippen LogP contribution in [0.2, 0.25) is 0 Å². The van der Waals surface area contributed by atoms with E-state index in [-0.39, 0.29) is 29.1 Å². The zero-order valence-electron chi connectivity index (χ0n) is 17.0. The third kappa shape index (κ3) is 4.77. The van der Waals surface area contributed by atoms with Crippen molar-refractivity contribution in [2.75, 3.05) is 39.6 Å². The zero-order chi connectivity index (χ0) is 21.0. The Hall–Kier alpha value is -2.42. The van der Waals surface area contributed by atoms with E-state index in [1.54, 1.807) is 12.1 Å². The Labute approximate surface area is 172 Å². The van der Waals surface area contributed by atoms with Crippen molar-refractivity contribution in [3.8, 4) is 5.75 Å². The highest BCUT2D eigenvalue weighted by molar-refractivity contribution is 7.89. The Bertz CT molecular complexity index is 961. The van der Waals surface area contributed by atoms with E-state index in [9.17, 15) is 13.2 Å². The van der Waals surface area contributed by atoms with Crippen molar-refractivity contribution in [3.63, 3.8) is 0 Å². The molecule has 2 aromatic rings. The van der Waals surface area contributed by atoms with Gasteiger partial charge in [0.1, 0.15) is 10.6 Å². The van der Waals surface area contributed by atoms with Gasteiger partial charge >= 0.3 is 0 Å². The highest BCUT2D eigenvalue weighted by atomic mass is 32.2. The molecule has 1 aliphatic rings. The second-order valence-electron chi connectivity index (χ2n) is 7.24. The van der Waals surface area contributed by atoms with Gasteiger partial charge in [0.2, 0.25) is 15.9 Å². The van der Waals surface area contributed by atoms with E-state index in [2.05, 4.69) is 22.3 Å². The quantitative estimate of drug-likeness (QED) is 0.749. The Kier molecular flexibility index (Phi) is 6.56. The number of carbonyl (C=O) groups excluding carboxylic acids is 1. The number of carbonyl (C=O) groups is 1. The number of anilines is 1. The van der Waals surface area contributed by atoms with E-state index >= 15 is 0 Å². The van der Waals surface area contributed by atoms with Gasteiger partial charge in [0.15, 0.2) is 0 Å². The Balaban J connectivity index is 1.74. The number of ether oxygens (including phenoxy) is 1. The monoisotopic (exact) mass is 417 g/mol. The average molecular weight is 418 g/mol. The van der Waals surface area contributed by atoms with Crippen LogP contribution in [0.3, 0.4) is 0 Å². The predicted octanol–water partition coefficient (Wildman–Crippen LogP) is 2.72. The SMILES string of the molecule is COc1ccc(NC(=O)CN2CCCC2c2ccccc2)cc1S(=O)(=O)N(C)C. The number of rotatable bonds is 7. The fourth-order valence-corrected chi connectivity index (χ4v) is 4.68. The summed E-state index contributed by atoms with van der Waals surface area (Å²) in [5, 5.41) is 2.82. The molecular formula is C21H27N3O4S. The van der Waals surface area contributed by atoms with E-state index in [4.69, 9.17) is 4.74 Å². The fourth-order valence-electron chi connectivity index (χ4n) is 3.61. The maximum Gasteiger partial charge on any atom is 0.246 e. The smallest absolute Gasteiger partial charge is 0.246 e. The third-order valence-electron chi connectivity index (χ3n) is 5.10. The number of hydrogen-bond donors (Lipinski definition) is 1. The molecule has 1 amide bonds. The molecule has 1 aliphatic heterocycles. The Morgan fingerprint density at radius 3 is 2.59 bits per heavy atom. The number of nitrogens with zero attached hydrogens (tertiary/aromatic N) is 2. The lowest BCUT2D eigenvalue weighted by atomic mass is 10.0. The van der Waals surface area contributed by atoms with Gasteiger partial charge in [-0.25, -0.2) is 12.7 Å². The maximum absolute atomic E-state index is 12.7. The van der Waals surface area contributed by atoms with E-state index in [0.717, 1.165) is 23.7 Å². The van der Waals surface area contributed by atoms with E-state index in [0.29, 0.717) is 5.69 Å². The molecule has 0 bridgehead atoms. The van der Waals surface area contributed by atoms with Gasteiger partial charge in [-0.1, -0.05) is 30.3 Å². The molecule has 29 heavy (non-hydrogen) atoms. The van der Waals surface area contributed by atoms with Crippen LogP contribution in [0.15, 0.2) is 53.4 Å². The molecule has 3 rings (SSSR count). The van der Waals surface area contributed by atoms with Gasteiger partial charge in [-0.15, -0.1) is 0 Å². The van der Waals surface area contributed by atoms with Crippen LogP contribution >= 0.6 is 0 Å². The Morgan fingerprint density at radius 1 is 1.21 bits per heavy atom. The van der Waals surface area contributed by atoms with Crippen molar-refractivity contribution in [3.05, 3.63) is 54.1 Å². The second kappa shape index (κ2) is 8.94. The van der Waals surface area contributed by atoms with Crippen molar-refractivity contribution < 1.29 is 17.9 Å². The summed E-state index contributed by atoms with van der Waals surface area (Å²) in [5.74, 6) is 0.0617. The van der Waals surface area contributed by atoms with Crippen LogP contribution in [0.4, 0.5) is 5.69 Å². The molecule has 1 fully saturated rings. The van der Waals surface area contributed by atoms with Crippen molar-refractivity contribution >= 4 is 21.6 Å². The average Bonchev–Trinajstić information content (AvgIpc) is 3.16. The lowest BCUT2D eigenvalue weighted by Gasteiger charge is -2.24. The molecule has 0 aliphatic carbocycles. The van der Waals surface area contributed by atoms with Crippen LogP contribution in [0.1, 0.15) is 24.4 Å². The van der Waals surface area contributed by atoms with Gasteiger partial charge < -0.3 is 10.1 Å². The number of sulfonamides is 1. The van der Waals surface area contributed by atoms with Crippen LogP contribution in [0.25, 0.3) is 0 Å². The first kappa shape index (κ1) is 21.3. The van der Waals surface area contributed by atoms with Gasteiger partial charge in [-0.3, -0.25) is 9.69 Å². The predicted molar refractivity (Wildman–Crippen MR) is 112 cm³/mol. The molecule has 0 spiro atoms. The summed E-state index contributed by atoms with van der Waals surface area (Å²) in [6.45, 7) is 1.11. The molecule has 0 aromatic heterocycles. The molecular weight excluding hydrogens is 390 g/mol. The van der Waals surface area contributed by atoms with Crippen molar-refractivity contribution in [2.45, 2.75) is 23.8 Å². The third-order valence-corrected chi connectivity index (χ3v) is 6.94. The molecule has 1 N–H and O–H groups in total. The highest BCUT2D eigenvalue weighted by Gasteiger charge is 2.28. The molecule has 1 atom stereocenters. The first-order valence-corrected chi connectivity index (χ1v) is 11.0. The normalized spacial score (nSPS) is 17.4. The molecule has 0 saturated carbocycles. The summed E-state index contributed by atoms with van der Waals surface area (Å²) >= 11 is 0. The van der Waals surface area contributed by atoms with Gasteiger partial charge in [0.05, 0.1) is 13.7 Å². The number of hydrogen-bond acceptors (Lipinski definition) is 5. The number of nitrogens with one attached hydrogen (secondary N) is 1. The topological polar surface area (TPSA) is 79.0 Å².